The van der Waals surface area contributed by atoms with Crippen molar-refractivity contribution in [1.29, 1.82) is 0 Å². The third kappa shape index (κ3) is 3.76. The molecule has 0 saturated heterocycles. The first-order valence-corrected chi connectivity index (χ1v) is 10.8. The van der Waals surface area contributed by atoms with Crippen molar-refractivity contribution in [2.75, 3.05) is 13.2 Å². The van der Waals surface area contributed by atoms with Crippen LogP contribution in [-0.2, 0) is 14.3 Å². The molecule has 1 aromatic heterocycles. The number of ether oxygens (including phenoxy) is 2. The summed E-state index contributed by atoms with van der Waals surface area (Å²) in [5, 5.41) is 0. The predicted octanol–water partition coefficient (Wildman–Crippen LogP) is 3.98. The largest absolute Gasteiger partial charge is 0.461 e. The Hall–Kier alpha value is -1.57. The number of oxazole rings is 1. The summed E-state index contributed by atoms with van der Waals surface area (Å²) in [6, 6.07) is 0. The normalized spacial score (nSPS) is 27.6. The molecular formula is C21H27Cl2NO6. The van der Waals surface area contributed by atoms with E-state index in [-0.39, 0.29) is 37.1 Å². The van der Waals surface area contributed by atoms with Crippen molar-refractivity contribution in [2.45, 2.75) is 56.9 Å². The molecule has 3 rings (SSSR count). The summed E-state index contributed by atoms with van der Waals surface area (Å²) in [7, 11) is 0. The highest BCUT2D eigenvalue weighted by molar-refractivity contribution is 6.57. The van der Waals surface area contributed by atoms with E-state index < -0.39 is 21.5 Å². The fourth-order valence-electron chi connectivity index (χ4n) is 5.04. The Morgan fingerprint density at radius 1 is 1.37 bits per heavy atom. The molecule has 2 aliphatic carbocycles. The highest BCUT2D eigenvalue weighted by Gasteiger charge is 2.69. The van der Waals surface area contributed by atoms with Crippen molar-refractivity contribution in [2.24, 2.45) is 16.7 Å². The van der Waals surface area contributed by atoms with Gasteiger partial charge >= 0.3 is 11.7 Å². The number of carbonyl (C=O) groups is 2. The van der Waals surface area contributed by atoms with Crippen LogP contribution in [0.15, 0.2) is 33.8 Å². The lowest BCUT2D eigenvalue weighted by molar-refractivity contribution is -0.147. The van der Waals surface area contributed by atoms with Gasteiger partial charge in [0.2, 0.25) is 10.2 Å². The summed E-state index contributed by atoms with van der Waals surface area (Å²) in [4.78, 5) is 37.4. The van der Waals surface area contributed by atoms with Gasteiger partial charge < -0.3 is 13.9 Å². The van der Waals surface area contributed by atoms with Gasteiger partial charge in [-0.3, -0.25) is 4.79 Å². The molecule has 166 valence electrons. The van der Waals surface area contributed by atoms with Crippen LogP contribution in [0.25, 0.3) is 0 Å². The van der Waals surface area contributed by atoms with Gasteiger partial charge in [-0.25, -0.2) is 14.2 Å². The quantitative estimate of drug-likeness (QED) is 0.253. The van der Waals surface area contributed by atoms with E-state index in [2.05, 4.69) is 0 Å². The van der Waals surface area contributed by atoms with E-state index in [4.69, 9.17) is 37.1 Å². The molecule has 0 spiro atoms. The minimum absolute atomic E-state index is 0.0343. The van der Waals surface area contributed by atoms with Gasteiger partial charge in [-0.2, -0.15) is 0 Å². The van der Waals surface area contributed by atoms with Crippen molar-refractivity contribution in [3.05, 3.63) is 35.2 Å². The lowest BCUT2D eigenvalue weighted by atomic mass is 9.67. The summed E-state index contributed by atoms with van der Waals surface area (Å²) in [6.45, 7) is 5.96. The molecule has 2 aliphatic rings. The van der Waals surface area contributed by atoms with Crippen molar-refractivity contribution >= 4 is 35.1 Å². The molecule has 0 aromatic carbocycles. The molecule has 9 heteroatoms. The molecule has 2 saturated carbocycles. The van der Waals surface area contributed by atoms with E-state index in [0.29, 0.717) is 18.8 Å². The number of esters is 1. The van der Waals surface area contributed by atoms with E-state index >= 15 is 0 Å². The van der Waals surface area contributed by atoms with Crippen molar-refractivity contribution in [3.8, 4) is 0 Å². The van der Waals surface area contributed by atoms with Gasteiger partial charge in [0.05, 0.1) is 24.3 Å². The summed E-state index contributed by atoms with van der Waals surface area (Å²) in [5.41, 5.74) is -1.18. The molecule has 0 unspecified atom stereocenters. The molecule has 0 N–H and O–H groups in total. The Morgan fingerprint density at radius 2 is 2.10 bits per heavy atom. The number of aromatic nitrogens is 1. The van der Waals surface area contributed by atoms with Crippen LogP contribution in [0.1, 0.15) is 51.2 Å². The van der Waals surface area contributed by atoms with Gasteiger partial charge in [-0.05, 0) is 37.5 Å². The summed E-state index contributed by atoms with van der Waals surface area (Å²) in [5.74, 6) is -1.44. The van der Waals surface area contributed by atoms with Crippen molar-refractivity contribution in [1.82, 2.24) is 4.57 Å². The fraction of sp³-hybridized carbons (Fsp3) is 0.667. The lowest BCUT2D eigenvalue weighted by Crippen LogP contribution is -2.51. The van der Waals surface area contributed by atoms with E-state index in [1.807, 2.05) is 13.8 Å². The summed E-state index contributed by atoms with van der Waals surface area (Å²) < 4.78 is 15.4. The van der Waals surface area contributed by atoms with Crippen LogP contribution in [0, 0.1) is 16.7 Å². The second kappa shape index (κ2) is 8.52. The molecule has 0 radical (unpaired) electrons. The van der Waals surface area contributed by atoms with Gasteiger partial charge in [0.15, 0.2) is 0 Å². The molecule has 0 aliphatic heterocycles. The van der Waals surface area contributed by atoms with Crippen LogP contribution in [-0.4, -0.2) is 40.1 Å². The van der Waals surface area contributed by atoms with Crippen LogP contribution in [0.4, 0.5) is 0 Å². The van der Waals surface area contributed by atoms with Crippen molar-refractivity contribution in [3.63, 3.8) is 0 Å². The molecule has 0 amide bonds. The Bertz CT molecular complexity index is 886. The Labute approximate surface area is 185 Å². The van der Waals surface area contributed by atoms with Gasteiger partial charge in [0.1, 0.15) is 12.9 Å². The molecule has 7 nitrogen and oxygen atoms in total. The minimum atomic E-state index is -1.65. The maximum absolute atomic E-state index is 13.4. The Morgan fingerprint density at radius 3 is 2.70 bits per heavy atom. The maximum atomic E-state index is 13.4. The molecule has 1 aromatic rings. The third-order valence-electron chi connectivity index (χ3n) is 6.83. The number of hydrogen-bond acceptors (Lipinski definition) is 6. The number of rotatable bonds is 8. The SMILES string of the molecule is C/C=C/CC(Cl)(Cl)C(=O)OCCO[C@H]1C[C@@H]2CC[C@@]1(C(=O)n1ccoc1=O)C2(C)C. The van der Waals surface area contributed by atoms with E-state index in [1.54, 1.807) is 19.1 Å². The second-order valence-corrected chi connectivity index (χ2v) is 9.97. The number of carbonyl (C=O) groups excluding carboxylic acids is 2. The smallest absolute Gasteiger partial charge is 0.425 e. The van der Waals surface area contributed by atoms with Gasteiger partial charge in [-0.15, -0.1) is 0 Å². The fourth-order valence-corrected chi connectivity index (χ4v) is 5.33. The maximum Gasteiger partial charge on any atom is 0.425 e. The number of hydrogen-bond donors (Lipinski definition) is 0. The van der Waals surface area contributed by atoms with Crippen LogP contribution < -0.4 is 5.76 Å². The van der Waals surface area contributed by atoms with Crippen LogP contribution in [0.3, 0.4) is 0 Å². The molecule has 3 atom stereocenters. The zero-order valence-electron chi connectivity index (χ0n) is 17.4. The molecule has 2 fully saturated rings. The molecule has 2 bridgehead atoms. The molecule has 30 heavy (non-hydrogen) atoms. The second-order valence-electron chi connectivity index (χ2n) is 8.48. The van der Waals surface area contributed by atoms with Gasteiger partial charge in [0, 0.05) is 6.42 Å². The summed E-state index contributed by atoms with van der Waals surface area (Å²) >= 11 is 12.0. The van der Waals surface area contributed by atoms with Crippen molar-refractivity contribution < 1.29 is 23.5 Å². The number of halogens is 2. The number of allylic oxidation sites excluding steroid dienone is 2. The zero-order valence-corrected chi connectivity index (χ0v) is 18.9. The van der Waals surface area contributed by atoms with E-state index in [1.165, 1.54) is 12.5 Å². The van der Waals surface area contributed by atoms with Crippen LogP contribution in [0.2, 0.25) is 0 Å². The third-order valence-corrected chi connectivity index (χ3v) is 7.44. The summed E-state index contributed by atoms with van der Waals surface area (Å²) in [6.07, 6.45) is 7.96. The Balaban J connectivity index is 1.66. The molecular weight excluding hydrogens is 433 g/mol. The Kier molecular flexibility index (Phi) is 6.56. The average molecular weight is 460 g/mol. The topological polar surface area (TPSA) is 87.7 Å². The highest BCUT2D eigenvalue weighted by Crippen LogP contribution is 2.67. The standard InChI is InChI=1S/C21H27Cl2NO6/c1-4-5-7-21(22,23)17(26)29-12-11-28-15-13-14-6-8-20(15,19(14,2)3)16(25)24-9-10-30-18(24)27/h4-5,9-10,14-15H,6-8,11-13H2,1-3H3/b5-4+/t14-,15-,20+/m0/s1. The number of alkyl halides is 2. The van der Waals surface area contributed by atoms with E-state index in [0.717, 1.165) is 11.0 Å². The van der Waals surface area contributed by atoms with E-state index in [9.17, 15) is 14.4 Å². The number of nitrogens with zero attached hydrogens (tertiary/aromatic N) is 1. The minimum Gasteiger partial charge on any atom is -0.461 e. The molecule has 1 heterocycles. The first-order valence-electron chi connectivity index (χ1n) is 10.1. The highest BCUT2D eigenvalue weighted by atomic mass is 35.5. The van der Waals surface area contributed by atoms with Gasteiger partial charge in [0.25, 0.3) is 0 Å². The predicted molar refractivity (Wildman–Crippen MR) is 112 cm³/mol. The lowest BCUT2D eigenvalue weighted by Gasteiger charge is -2.40. The van der Waals surface area contributed by atoms with Crippen LogP contribution >= 0.6 is 23.2 Å². The average Bonchev–Trinajstić information content (AvgIpc) is 3.30. The monoisotopic (exact) mass is 459 g/mol. The van der Waals surface area contributed by atoms with Gasteiger partial charge in [-0.1, -0.05) is 49.2 Å². The zero-order chi connectivity index (χ0) is 22.2. The van der Waals surface area contributed by atoms with Crippen LogP contribution in [0.5, 0.6) is 0 Å². The first-order chi connectivity index (χ1) is 14.1. The first kappa shape index (κ1) is 23.1. The number of fused-ring (bicyclic) bond motifs is 2.